The van der Waals surface area contributed by atoms with Crippen LogP contribution in [0, 0.1) is 0 Å². The molecule has 1 aromatic carbocycles. The number of carbonyl (C=O) groups is 1. The number of nitrogens with zero attached hydrogens (tertiary/aromatic N) is 1. The van der Waals surface area contributed by atoms with Crippen molar-refractivity contribution in [1.29, 1.82) is 0 Å². The van der Waals surface area contributed by atoms with Crippen molar-refractivity contribution in [3.63, 3.8) is 0 Å². The highest BCUT2D eigenvalue weighted by Gasteiger charge is 2.15. The molecular weight excluding hydrogens is 254 g/mol. The molecule has 1 heterocycles. The summed E-state index contributed by atoms with van der Waals surface area (Å²) in [4.78, 5) is 19.5. The largest absolute Gasteiger partial charge is 0.380 e. The van der Waals surface area contributed by atoms with Gasteiger partial charge in [-0.25, -0.2) is 4.98 Å². The number of hydrogen-bond acceptors (Lipinski definition) is 3. The summed E-state index contributed by atoms with van der Waals surface area (Å²) < 4.78 is 5.08. The Balaban J connectivity index is 2.09. The van der Waals surface area contributed by atoms with Gasteiger partial charge in [-0.05, 0) is 24.1 Å². The zero-order valence-electron chi connectivity index (χ0n) is 11.7. The molecule has 0 saturated carbocycles. The Kier molecular flexibility index (Phi) is 4.90. The summed E-state index contributed by atoms with van der Waals surface area (Å²) in [5.41, 5.74) is 1.61. The number of H-pyrrole nitrogens is 1. The number of hydrogen-bond donors (Lipinski definition) is 2. The maximum absolute atomic E-state index is 12.3. The minimum absolute atomic E-state index is 0.105. The molecule has 5 heteroatoms. The topological polar surface area (TPSA) is 67.0 Å². The van der Waals surface area contributed by atoms with Crippen molar-refractivity contribution in [3.8, 4) is 0 Å². The van der Waals surface area contributed by atoms with Gasteiger partial charge in [0.25, 0.3) is 5.91 Å². The first-order valence-corrected chi connectivity index (χ1v) is 6.62. The number of carbonyl (C=O) groups excluding carboxylic acids is 1. The van der Waals surface area contributed by atoms with Crippen molar-refractivity contribution in [3.05, 3.63) is 53.6 Å². The van der Waals surface area contributed by atoms with Gasteiger partial charge in [0.1, 0.15) is 5.82 Å². The fourth-order valence-corrected chi connectivity index (χ4v) is 2.04. The van der Waals surface area contributed by atoms with Crippen molar-refractivity contribution in [2.45, 2.75) is 26.0 Å². The lowest BCUT2D eigenvalue weighted by molar-refractivity contribution is 0.0933. The van der Waals surface area contributed by atoms with Crippen LogP contribution in [0.2, 0.25) is 0 Å². The van der Waals surface area contributed by atoms with Gasteiger partial charge in [-0.2, -0.15) is 0 Å². The van der Waals surface area contributed by atoms with E-state index in [-0.39, 0.29) is 11.9 Å². The number of methoxy groups -OCH3 is 1. The van der Waals surface area contributed by atoms with Gasteiger partial charge >= 0.3 is 0 Å². The Bertz CT molecular complexity index is 552. The highest BCUT2D eigenvalue weighted by Crippen LogP contribution is 2.13. The molecule has 2 rings (SSSR count). The van der Waals surface area contributed by atoms with Crippen LogP contribution in [0.25, 0.3) is 0 Å². The van der Waals surface area contributed by atoms with E-state index in [0.29, 0.717) is 12.2 Å². The number of nitrogens with one attached hydrogen (secondary N) is 2. The zero-order chi connectivity index (χ0) is 14.4. The summed E-state index contributed by atoms with van der Waals surface area (Å²) in [5, 5.41) is 2.98. The average Bonchev–Trinajstić information content (AvgIpc) is 2.99. The Morgan fingerprint density at radius 2 is 2.35 bits per heavy atom. The van der Waals surface area contributed by atoms with Gasteiger partial charge in [0.2, 0.25) is 0 Å². The highest BCUT2D eigenvalue weighted by molar-refractivity contribution is 5.94. The van der Waals surface area contributed by atoms with E-state index in [1.165, 1.54) is 0 Å². The van der Waals surface area contributed by atoms with Crippen molar-refractivity contribution in [2.75, 3.05) is 7.11 Å². The monoisotopic (exact) mass is 273 g/mol. The number of ether oxygens (including phenoxy) is 1. The molecule has 2 aromatic rings. The number of aromatic nitrogens is 2. The molecule has 106 valence electrons. The normalized spacial score (nSPS) is 12.1. The molecule has 1 amide bonds. The molecule has 1 unspecified atom stereocenters. The van der Waals surface area contributed by atoms with Crippen LogP contribution in [0.1, 0.15) is 41.1 Å². The van der Waals surface area contributed by atoms with Crippen molar-refractivity contribution < 1.29 is 9.53 Å². The van der Waals surface area contributed by atoms with Gasteiger partial charge in [0, 0.05) is 25.1 Å². The zero-order valence-corrected chi connectivity index (χ0v) is 11.7. The minimum atomic E-state index is -0.108. The number of aromatic amines is 1. The highest BCUT2D eigenvalue weighted by atomic mass is 16.5. The third-order valence-corrected chi connectivity index (χ3v) is 3.06. The van der Waals surface area contributed by atoms with Gasteiger partial charge in [-0.1, -0.05) is 19.1 Å². The van der Waals surface area contributed by atoms with E-state index in [9.17, 15) is 4.79 Å². The standard InChI is InChI=1S/C15H19N3O2/c1-3-13(14-16-7-8-17-14)18-15(19)12-6-4-5-11(9-12)10-20-2/h4-9,13H,3,10H2,1-2H3,(H,16,17)(H,18,19). The number of amides is 1. The van der Waals surface area contributed by atoms with E-state index >= 15 is 0 Å². The summed E-state index contributed by atoms with van der Waals surface area (Å²) in [6, 6.07) is 7.32. The molecule has 1 aromatic heterocycles. The molecule has 2 N–H and O–H groups in total. The Labute approximate surface area is 118 Å². The second-order valence-corrected chi connectivity index (χ2v) is 4.54. The fourth-order valence-electron chi connectivity index (χ4n) is 2.04. The smallest absolute Gasteiger partial charge is 0.251 e. The molecule has 0 bridgehead atoms. The Morgan fingerprint density at radius 3 is 3.00 bits per heavy atom. The third kappa shape index (κ3) is 3.45. The molecule has 20 heavy (non-hydrogen) atoms. The summed E-state index contributed by atoms with van der Waals surface area (Å²) in [6.07, 6.45) is 4.21. The van der Waals surface area contributed by atoms with Crippen LogP contribution in [0.15, 0.2) is 36.7 Å². The van der Waals surface area contributed by atoms with E-state index in [1.807, 2.05) is 25.1 Å². The molecule has 1 atom stereocenters. The molecule has 0 aliphatic heterocycles. The van der Waals surface area contributed by atoms with Gasteiger partial charge in [-0.3, -0.25) is 4.79 Å². The first kappa shape index (κ1) is 14.3. The van der Waals surface area contributed by atoms with E-state index in [4.69, 9.17) is 4.74 Å². The SMILES string of the molecule is CCC(NC(=O)c1cccc(COC)c1)c1ncc[nH]1. The summed E-state index contributed by atoms with van der Waals surface area (Å²) >= 11 is 0. The second kappa shape index (κ2) is 6.86. The van der Waals surface area contributed by atoms with Crippen LogP contribution in [-0.2, 0) is 11.3 Å². The van der Waals surface area contributed by atoms with Crippen LogP contribution >= 0.6 is 0 Å². The first-order valence-electron chi connectivity index (χ1n) is 6.62. The molecule has 0 aliphatic rings. The van der Waals surface area contributed by atoms with Gasteiger partial charge in [0.15, 0.2) is 0 Å². The van der Waals surface area contributed by atoms with Crippen LogP contribution < -0.4 is 5.32 Å². The predicted molar refractivity (Wildman–Crippen MR) is 76.2 cm³/mol. The van der Waals surface area contributed by atoms with Gasteiger partial charge in [-0.15, -0.1) is 0 Å². The van der Waals surface area contributed by atoms with Crippen molar-refractivity contribution >= 4 is 5.91 Å². The van der Waals surface area contributed by atoms with Crippen LogP contribution in [0.5, 0.6) is 0 Å². The molecule has 0 aliphatic carbocycles. The summed E-state index contributed by atoms with van der Waals surface area (Å²) in [5.74, 6) is 0.667. The van der Waals surface area contributed by atoms with E-state index < -0.39 is 0 Å². The molecule has 5 nitrogen and oxygen atoms in total. The van der Waals surface area contributed by atoms with E-state index in [1.54, 1.807) is 25.6 Å². The molecular formula is C15H19N3O2. The molecule has 0 spiro atoms. The number of imidazole rings is 1. The van der Waals surface area contributed by atoms with E-state index in [2.05, 4.69) is 15.3 Å². The van der Waals surface area contributed by atoms with E-state index in [0.717, 1.165) is 17.8 Å². The second-order valence-electron chi connectivity index (χ2n) is 4.54. The quantitative estimate of drug-likeness (QED) is 0.849. The Morgan fingerprint density at radius 1 is 1.50 bits per heavy atom. The lowest BCUT2D eigenvalue weighted by Crippen LogP contribution is -2.28. The van der Waals surface area contributed by atoms with Crippen molar-refractivity contribution in [2.24, 2.45) is 0 Å². The first-order chi connectivity index (χ1) is 9.74. The fraction of sp³-hybridized carbons (Fsp3) is 0.333. The summed E-state index contributed by atoms with van der Waals surface area (Å²) in [7, 11) is 1.64. The van der Waals surface area contributed by atoms with Gasteiger partial charge in [0.05, 0.1) is 12.6 Å². The summed E-state index contributed by atoms with van der Waals surface area (Å²) in [6.45, 7) is 2.51. The maximum atomic E-state index is 12.3. The Hall–Kier alpha value is -2.14. The molecule has 0 radical (unpaired) electrons. The molecule has 0 fully saturated rings. The van der Waals surface area contributed by atoms with Crippen LogP contribution in [0.4, 0.5) is 0 Å². The predicted octanol–water partition coefficient (Wildman–Crippen LogP) is 2.44. The minimum Gasteiger partial charge on any atom is -0.380 e. The maximum Gasteiger partial charge on any atom is 0.251 e. The molecule has 0 saturated heterocycles. The lowest BCUT2D eigenvalue weighted by Gasteiger charge is -2.15. The van der Waals surface area contributed by atoms with Crippen molar-refractivity contribution in [1.82, 2.24) is 15.3 Å². The lowest BCUT2D eigenvalue weighted by atomic mass is 10.1. The van der Waals surface area contributed by atoms with Gasteiger partial charge < -0.3 is 15.0 Å². The number of benzene rings is 1. The average molecular weight is 273 g/mol. The number of rotatable bonds is 6. The van der Waals surface area contributed by atoms with Crippen LogP contribution in [-0.4, -0.2) is 23.0 Å². The third-order valence-electron chi connectivity index (χ3n) is 3.06. The van der Waals surface area contributed by atoms with Crippen LogP contribution in [0.3, 0.4) is 0 Å².